The Labute approximate surface area is 92.2 Å². The van der Waals surface area contributed by atoms with E-state index in [-0.39, 0.29) is 6.61 Å². The van der Waals surface area contributed by atoms with E-state index in [2.05, 4.69) is 21.9 Å². The van der Waals surface area contributed by atoms with Gasteiger partial charge in [0.05, 0.1) is 0 Å². The zero-order valence-electron chi connectivity index (χ0n) is 8.46. The van der Waals surface area contributed by atoms with Gasteiger partial charge in [-0.25, -0.2) is 4.79 Å². The SMILES string of the molecule is C=CCOC(=O)Nc1ccc(N=[N+]=[N-])cc1. The number of rotatable bonds is 4. The minimum Gasteiger partial charge on any atom is -0.445 e. The summed E-state index contributed by atoms with van der Waals surface area (Å²) in [7, 11) is 0. The molecule has 0 aliphatic rings. The van der Waals surface area contributed by atoms with E-state index >= 15 is 0 Å². The molecular weight excluding hydrogens is 208 g/mol. The number of hydrogen-bond acceptors (Lipinski definition) is 3. The number of azide groups is 1. The van der Waals surface area contributed by atoms with Gasteiger partial charge < -0.3 is 4.74 Å². The molecule has 0 saturated heterocycles. The average Bonchev–Trinajstić information content (AvgIpc) is 2.29. The van der Waals surface area contributed by atoms with Gasteiger partial charge in [-0.15, -0.1) is 0 Å². The summed E-state index contributed by atoms with van der Waals surface area (Å²) in [6.45, 7) is 3.58. The van der Waals surface area contributed by atoms with Crippen molar-refractivity contribution in [1.29, 1.82) is 0 Å². The first-order valence-corrected chi connectivity index (χ1v) is 4.46. The Morgan fingerprint density at radius 3 is 2.81 bits per heavy atom. The highest BCUT2D eigenvalue weighted by molar-refractivity contribution is 5.84. The summed E-state index contributed by atoms with van der Waals surface area (Å²) in [6.07, 6.45) is 0.918. The van der Waals surface area contributed by atoms with Gasteiger partial charge in [-0.3, -0.25) is 5.32 Å². The molecule has 1 aromatic carbocycles. The lowest BCUT2D eigenvalue weighted by Gasteiger charge is -2.04. The second kappa shape index (κ2) is 6.10. The first-order chi connectivity index (χ1) is 7.76. The van der Waals surface area contributed by atoms with Crippen LogP contribution in [0.15, 0.2) is 42.0 Å². The van der Waals surface area contributed by atoms with Crippen LogP contribution in [0.5, 0.6) is 0 Å². The molecular formula is C10H10N4O2. The molecule has 0 saturated carbocycles. The third-order valence-corrected chi connectivity index (χ3v) is 1.61. The highest BCUT2D eigenvalue weighted by Crippen LogP contribution is 2.16. The normalized spacial score (nSPS) is 8.75. The zero-order valence-corrected chi connectivity index (χ0v) is 8.46. The quantitative estimate of drug-likeness (QED) is 0.363. The van der Waals surface area contributed by atoms with Gasteiger partial charge in [0.2, 0.25) is 0 Å². The first-order valence-electron chi connectivity index (χ1n) is 4.46. The Morgan fingerprint density at radius 2 is 2.25 bits per heavy atom. The molecule has 0 fully saturated rings. The zero-order chi connectivity index (χ0) is 11.8. The number of carbonyl (C=O) groups excluding carboxylic acids is 1. The van der Waals surface area contributed by atoms with Crippen molar-refractivity contribution >= 4 is 17.5 Å². The number of nitrogens with one attached hydrogen (secondary N) is 1. The third-order valence-electron chi connectivity index (χ3n) is 1.61. The molecule has 6 nitrogen and oxygen atoms in total. The highest BCUT2D eigenvalue weighted by Gasteiger charge is 2.00. The Bertz CT molecular complexity index is 421. The summed E-state index contributed by atoms with van der Waals surface area (Å²) in [6, 6.07) is 6.39. The van der Waals surface area contributed by atoms with Crippen molar-refractivity contribution in [3.05, 3.63) is 47.4 Å². The summed E-state index contributed by atoms with van der Waals surface area (Å²) in [5.41, 5.74) is 9.23. The highest BCUT2D eigenvalue weighted by atomic mass is 16.5. The fourth-order valence-corrected chi connectivity index (χ4v) is 0.952. The molecule has 1 N–H and O–H groups in total. The topological polar surface area (TPSA) is 87.1 Å². The molecule has 16 heavy (non-hydrogen) atoms. The summed E-state index contributed by atoms with van der Waals surface area (Å²) >= 11 is 0. The lowest BCUT2D eigenvalue weighted by atomic mass is 10.3. The van der Waals surface area contributed by atoms with Crippen LogP contribution in [0.4, 0.5) is 16.2 Å². The van der Waals surface area contributed by atoms with Gasteiger partial charge in [-0.2, -0.15) is 0 Å². The van der Waals surface area contributed by atoms with E-state index in [0.717, 1.165) is 0 Å². The predicted octanol–water partition coefficient (Wildman–Crippen LogP) is 3.36. The van der Waals surface area contributed by atoms with Gasteiger partial charge in [0.25, 0.3) is 0 Å². The van der Waals surface area contributed by atoms with Crippen LogP contribution in [0.1, 0.15) is 0 Å². The Hall–Kier alpha value is -2.46. The van der Waals surface area contributed by atoms with Gasteiger partial charge >= 0.3 is 6.09 Å². The molecule has 0 radical (unpaired) electrons. The van der Waals surface area contributed by atoms with Crippen LogP contribution in [0.3, 0.4) is 0 Å². The maximum absolute atomic E-state index is 11.1. The lowest BCUT2D eigenvalue weighted by Crippen LogP contribution is -2.13. The molecule has 0 spiro atoms. The molecule has 0 atom stereocenters. The van der Waals surface area contributed by atoms with Crippen molar-refractivity contribution in [2.24, 2.45) is 5.11 Å². The van der Waals surface area contributed by atoms with Crippen LogP contribution in [-0.2, 0) is 4.74 Å². The van der Waals surface area contributed by atoms with Gasteiger partial charge in [0.15, 0.2) is 0 Å². The largest absolute Gasteiger partial charge is 0.445 e. The minimum atomic E-state index is -0.559. The second-order valence-corrected chi connectivity index (χ2v) is 2.75. The minimum absolute atomic E-state index is 0.155. The molecule has 0 aliphatic carbocycles. The first kappa shape index (κ1) is 11.6. The summed E-state index contributed by atoms with van der Waals surface area (Å²) in [5.74, 6) is 0. The van der Waals surface area contributed by atoms with Crippen LogP contribution in [-0.4, -0.2) is 12.7 Å². The maximum Gasteiger partial charge on any atom is 0.411 e. The molecule has 1 amide bonds. The third kappa shape index (κ3) is 3.73. The average molecular weight is 218 g/mol. The smallest absolute Gasteiger partial charge is 0.411 e. The van der Waals surface area contributed by atoms with Crippen LogP contribution < -0.4 is 5.32 Å². The summed E-state index contributed by atoms with van der Waals surface area (Å²) in [4.78, 5) is 13.8. The number of nitrogens with zero attached hydrogens (tertiary/aromatic N) is 3. The van der Waals surface area contributed by atoms with E-state index in [9.17, 15) is 4.79 Å². The predicted molar refractivity (Wildman–Crippen MR) is 60.4 cm³/mol. The fourth-order valence-electron chi connectivity index (χ4n) is 0.952. The van der Waals surface area contributed by atoms with Gasteiger partial charge in [-0.1, -0.05) is 29.9 Å². The van der Waals surface area contributed by atoms with E-state index in [1.807, 2.05) is 0 Å². The van der Waals surface area contributed by atoms with Crippen LogP contribution in [0, 0.1) is 0 Å². The van der Waals surface area contributed by atoms with E-state index in [1.54, 1.807) is 24.3 Å². The number of ether oxygens (including phenoxy) is 1. The van der Waals surface area contributed by atoms with Crippen molar-refractivity contribution < 1.29 is 9.53 Å². The van der Waals surface area contributed by atoms with Crippen LogP contribution >= 0.6 is 0 Å². The lowest BCUT2D eigenvalue weighted by molar-refractivity contribution is 0.174. The molecule has 0 unspecified atom stereocenters. The molecule has 0 heterocycles. The van der Waals surface area contributed by atoms with Gasteiger partial charge in [0, 0.05) is 16.3 Å². The van der Waals surface area contributed by atoms with Crippen molar-refractivity contribution in [2.45, 2.75) is 0 Å². The molecule has 0 aliphatic heterocycles. The number of benzene rings is 1. The fraction of sp³-hybridized carbons (Fsp3) is 0.100. The summed E-state index contributed by atoms with van der Waals surface area (Å²) in [5, 5.41) is 5.90. The molecule has 82 valence electrons. The van der Waals surface area contributed by atoms with Crippen molar-refractivity contribution in [1.82, 2.24) is 0 Å². The van der Waals surface area contributed by atoms with E-state index < -0.39 is 6.09 Å². The molecule has 1 rings (SSSR count). The van der Waals surface area contributed by atoms with E-state index in [1.165, 1.54) is 6.08 Å². The van der Waals surface area contributed by atoms with Gasteiger partial charge in [0.1, 0.15) is 6.61 Å². The molecule has 0 aromatic heterocycles. The van der Waals surface area contributed by atoms with E-state index in [4.69, 9.17) is 10.3 Å². The number of anilines is 1. The Kier molecular flexibility index (Phi) is 4.43. The molecule has 0 bridgehead atoms. The standard InChI is InChI=1S/C10H10N4O2/c1-2-7-16-10(15)12-8-3-5-9(6-4-8)13-14-11/h2-6H,1,7H2,(H,12,15). The van der Waals surface area contributed by atoms with Gasteiger partial charge in [-0.05, 0) is 17.7 Å². The summed E-state index contributed by atoms with van der Waals surface area (Å²) < 4.78 is 4.72. The monoisotopic (exact) mass is 218 g/mol. The number of amides is 1. The number of carbonyl (C=O) groups is 1. The number of hydrogen-bond donors (Lipinski definition) is 1. The maximum atomic E-state index is 11.1. The van der Waals surface area contributed by atoms with Crippen LogP contribution in [0.2, 0.25) is 0 Å². The van der Waals surface area contributed by atoms with Crippen molar-refractivity contribution in [3.8, 4) is 0 Å². The van der Waals surface area contributed by atoms with Crippen LogP contribution in [0.25, 0.3) is 10.4 Å². The molecule has 1 aromatic rings. The second-order valence-electron chi connectivity index (χ2n) is 2.75. The molecule has 6 heteroatoms. The Morgan fingerprint density at radius 1 is 1.56 bits per heavy atom. The van der Waals surface area contributed by atoms with Crippen molar-refractivity contribution in [2.75, 3.05) is 11.9 Å². The Balaban J connectivity index is 2.57. The van der Waals surface area contributed by atoms with E-state index in [0.29, 0.717) is 11.4 Å². The van der Waals surface area contributed by atoms with Crippen molar-refractivity contribution in [3.63, 3.8) is 0 Å².